The molecular formula is C13H15BrClN3O. The number of benzene rings is 1. The molecule has 0 aliphatic rings. The van der Waals surface area contributed by atoms with Crippen LogP contribution >= 0.6 is 27.5 Å². The van der Waals surface area contributed by atoms with Gasteiger partial charge in [-0.15, -0.1) is 0 Å². The van der Waals surface area contributed by atoms with E-state index in [9.17, 15) is 0 Å². The van der Waals surface area contributed by atoms with Crippen molar-refractivity contribution in [2.24, 2.45) is 0 Å². The molecule has 0 saturated carbocycles. The fourth-order valence-corrected chi connectivity index (χ4v) is 2.39. The number of methoxy groups -OCH3 is 1. The molecule has 1 N–H and O–H groups in total. The van der Waals surface area contributed by atoms with Gasteiger partial charge in [0.05, 0.1) is 12.3 Å². The highest BCUT2D eigenvalue weighted by Crippen LogP contribution is 2.27. The van der Waals surface area contributed by atoms with Crippen LogP contribution in [0.1, 0.15) is 6.92 Å². The summed E-state index contributed by atoms with van der Waals surface area (Å²) >= 11 is 9.57. The minimum Gasteiger partial charge on any atom is -0.383 e. The van der Waals surface area contributed by atoms with Crippen LogP contribution in [-0.4, -0.2) is 29.3 Å². The molecular weight excluding hydrogens is 330 g/mol. The average Bonchev–Trinajstić information content (AvgIpc) is 2.80. The quantitative estimate of drug-likeness (QED) is 0.898. The van der Waals surface area contributed by atoms with E-state index >= 15 is 0 Å². The lowest BCUT2D eigenvalue weighted by atomic mass is 10.3. The van der Waals surface area contributed by atoms with Crippen LogP contribution in [0, 0.1) is 0 Å². The van der Waals surface area contributed by atoms with Gasteiger partial charge in [0, 0.05) is 35.0 Å². The Hall–Kier alpha value is -1.04. The first-order chi connectivity index (χ1) is 9.11. The highest BCUT2D eigenvalue weighted by molar-refractivity contribution is 9.10. The second kappa shape index (κ2) is 6.41. The summed E-state index contributed by atoms with van der Waals surface area (Å²) in [5.74, 6) is 0.757. The zero-order valence-electron chi connectivity index (χ0n) is 10.7. The van der Waals surface area contributed by atoms with Crippen molar-refractivity contribution in [3.8, 4) is 5.69 Å². The lowest BCUT2D eigenvalue weighted by Gasteiger charge is -2.16. The fourth-order valence-electron chi connectivity index (χ4n) is 1.79. The monoisotopic (exact) mass is 343 g/mol. The van der Waals surface area contributed by atoms with Gasteiger partial charge in [-0.1, -0.05) is 11.6 Å². The van der Waals surface area contributed by atoms with Crippen LogP contribution in [0.5, 0.6) is 0 Å². The number of nitrogens with one attached hydrogen (secondary N) is 1. The van der Waals surface area contributed by atoms with Crippen LogP contribution in [-0.2, 0) is 4.74 Å². The topological polar surface area (TPSA) is 39.1 Å². The van der Waals surface area contributed by atoms with Gasteiger partial charge >= 0.3 is 0 Å². The van der Waals surface area contributed by atoms with Gasteiger partial charge in [-0.05, 0) is 41.1 Å². The first-order valence-corrected chi connectivity index (χ1v) is 7.03. The molecule has 0 saturated heterocycles. The van der Waals surface area contributed by atoms with Gasteiger partial charge in [-0.25, -0.2) is 4.98 Å². The van der Waals surface area contributed by atoms with Crippen LogP contribution in [0.25, 0.3) is 5.69 Å². The van der Waals surface area contributed by atoms with Gasteiger partial charge in [-0.2, -0.15) is 0 Å². The van der Waals surface area contributed by atoms with Crippen molar-refractivity contribution in [1.82, 2.24) is 9.55 Å². The summed E-state index contributed by atoms with van der Waals surface area (Å²) in [6.45, 7) is 2.65. The smallest absolute Gasteiger partial charge is 0.207 e. The summed E-state index contributed by atoms with van der Waals surface area (Å²) in [6.07, 6.45) is 3.63. The second-order valence-corrected chi connectivity index (χ2v) is 5.51. The van der Waals surface area contributed by atoms with E-state index in [4.69, 9.17) is 16.3 Å². The molecule has 0 amide bonds. The molecule has 4 nitrogen and oxygen atoms in total. The zero-order valence-corrected chi connectivity index (χ0v) is 13.1. The molecule has 1 unspecified atom stereocenters. The number of nitrogens with zero attached hydrogens (tertiary/aromatic N) is 2. The van der Waals surface area contributed by atoms with E-state index in [0.717, 1.165) is 16.1 Å². The summed E-state index contributed by atoms with van der Waals surface area (Å²) < 4.78 is 8.01. The maximum absolute atomic E-state index is 6.05. The predicted octanol–water partition coefficient (Wildman–Crippen LogP) is 3.74. The summed E-state index contributed by atoms with van der Waals surface area (Å²) in [5.41, 5.74) is 0.942. The molecule has 1 aromatic carbocycles. The van der Waals surface area contributed by atoms with E-state index in [2.05, 4.69) is 26.2 Å². The molecule has 2 aromatic rings. The third-order valence-corrected chi connectivity index (χ3v) is 3.51. The summed E-state index contributed by atoms with van der Waals surface area (Å²) in [4.78, 5) is 4.32. The highest BCUT2D eigenvalue weighted by atomic mass is 79.9. The number of anilines is 1. The molecule has 19 heavy (non-hydrogen) atoms. The summed E-state index contributed by atoms with van der Waals surface area (Å²) in [7, 11) is 1.68. The molecule has 0 bridgehead atoms. The van der Waals surface area contributed by atoms with Crippen molar-refractivity contribution in [3.05, 3.63) is 40.1 Å². The van der Waals surface area contributed by atoms with E-state index in [-0.39, 0.29) is 6.04 Å². The Morgan fingerprint density at radius 3 is 3.05 bits per heavy atom. The molecule has 0 aliphatic carbocycles. The molecule has 0 spiro atoms. The normalized spacial score (nSPS) is 12.4. The van der Waals surface area contributed by atoms with Crippen LogP contribution in [0.3, 0.4) is 0 Å². The Morgan fingerprint density at radius 1 is 1.53 bits per heavy atom. The lowest BCUT2D eigenvalue weighted by molar-refractivity contribution is 0.190. The first kappa shape index (κ1) is 14.4. The Labute approximate surface area is 125 Å². The number of hydrogen-bond donors (Lipinski definition) is 1. The highest BCUT2D eigenvalue weighted by Gasteiger charge is 2.11. The second-order valence-electron chi connectivity index (χ2n) is 4.22. The summed E-state index contributed by atoms with van der Waals surface area (Å²) in [5, 5.41) is 3.98. The van der Waals surface area contributed by atoms with Crippen LogP contribution in [0.2, 0.25) is 5.02 Å². The van der Waals surface area contributed by atoms with Crippen molar-refractivity contribution >= 4 is 33.5 Å². The number of hydrogen-bond acceptors (Lipinski definition) is 3. The molecule has 1 heterocycles. The molecule has 2 rings (SSSR count). The molecule has 0 aliphatic heterocycles. The lowest BCUT2D eigenvalue weighted by Crippen LogP contribution is -2.22. The minimum atomic E-state index is 0.170. The van der Waals surface area contributed by atoms with E-state index in [1.54, 1.807) is 13.3 Å². The van der Waals surface area contributed by atoms with Gasteiger partial charge in [0.25, 0.3) is 0 Å². The molecule has 1 atom stereocenters. The number of rotatable bonds is 5. The maximum Gasteiger partial charge on any atom is 0.207 e. The van der Waals surface area contributed by atoms with Gasteiger partial charge in [0.15, 0.2) is 0 Å². The van der Waals surface area contributed by atoms with Crippen molar-refractivity contribution in [1.29, 1.82) is 0 Å². The van der Waals surface area contributed by atoms with Crippen molar-refractivity contribution in [3.63, 3.8) is 0 Å². The third kappa shape index (κ3) is 3.49. The average molecular weight is 345 g/mol. The van der Waals surface area contributed by atoms with Gasteiger partial charge in [0.1, 0.15) is 0 Å². The molecule has 6 heteroatoms. The number of aromatic nitrogens is 2. The maximum atomic E-state index is 6.05. The zero-order chi connectivity index (χ0) is 13.8. The Balaban J connectivity index is 2.31. The van der Waals surface area contributed by atoms with Gasteiger partial charge < -0.3 is 10.1 Å². The number of ether oxygens (including phenoxy) is 1. The van der Waals surface area contributed by atoms with E-state index in [1.807, 2.05) is 35.9 Å². The van der Waals surface area contributed by atoms with Crippen molar-refractivity contribution in [2.75, 3.05) is 19.0 Å². The van der Waals surface area contributed by atoms with Gasteiger partial charge in [-0.3, -0.25) is 4.57 Å². The van der Waals surface area contributed by atoms with Crippen LogP contribution < -0.4 is 5.32 Å². The van der Waals surface area contributed by atoms with Crippen molar-refractivity contribution in [2.45, 2.75) is 13.0 Å². The number of imidazole rings is 1. The predicted molar refractivity (Wildman–Crippen MR) is 81.2 cm³/mol. The standard InChI is InChI=1S/C13H15BrClN3O/c1-9(8-19-2)17-13-16-5-6-18(13)12-7-10(15)3-4-11(12)14/h3-7,9H,8H2,1-2H3,(H,16,17). The summed E-state index contributed by atoms with van der Waals surface area (Å²) in [6, 6.07) is 5.82. The molecule has 0 radical (unpaired) electrons. The number of halogens is 2. The minimum absolute atomic E-state index is 0.170. The van der Waals surface area contributed by atoms with E-state index < -0.39 is 0 Å². The fraction of sp³-hybridized carbons (Fsp3) is 0.308. The SMILES string of the molecule is COCC(C)Nc1nccn1-c1cc(Cl)ccc1Br. The Morgan fingerprint density at radius 2 is 2.32 bits per heavy atom. The Bertz CT molecular complexity index is 559. The largest absolute Gasteiger partial charge is 0.383 e. The van der Waals surface area contributed by atoms with Crippen LogP contribution in [0.4, 0.5) is 5.95 Å². The van der Waals surface area contributed by atoms with Crippen molar-refractivity contribution < 1.29 is 4.74 Å². The van der Waals surface area contributed by atoms with Crippen LogP contribution in [0.15, 0.2) is 35.1 Å². The van der Waals surface area contributed by atoms with E-state index in [1.165, 1.54) is 0 Å². The molecule has 102 valence electrons. The molecule has 0 fully saturated rings. The first-order valence-electron chi connectivity index (χ1n) is 5.86. The van der Waals surface area contributed by atoms with E-state index in [0.29, 0.717) is 11.6 Å². The molecule has 1 aromatic heterocycles. The Kier molecular flexibility index (Phi) is 4.85. The third-order valence-electron chi connectivity index (χ3n) is 2.60. The van der Waals surface area contributed by atoms with Gasteiger partial charge in [0.2, 0.25) is 5.95 Å².